The Hall–Kier alpha value is -0.640. The number of nitrogens with zero attached hydrogens (tertiary/aromatic N) is 1. The van der Waals surface area contributed by atoms with Crippen molar-refractivity contribution in [1.82, 2.24) is 10.2 Å². The van der Waals surface area contributed by atoms with Crippen LogP contribution in [0.15, 0.2) is 18.2 Å². The van der Waals surface area contributed by atoms with Gasteiger partial charge in [0.2, 0.25) is 0 Å². The van der Waals surface area contributed by atoms with E-state index < -0.39 is 0 Å². The molecule has 1 N–H and O–H groups in total. The normalized spacial score (nSPS) is 21.0. The summed E-state index contributed by atoms with van der Waals surface area (Å²) in [6, 6.07) is 6.06. The maximum atomic E-state index is 13.4. The zero-order valence-electron chi connectivity index (χ0n) is 10.4. The highest BCUT2D eigenvalue weighted by molar-refractivity contribution is 5.85. The third kappa shape index (κ3) is 3.95. The molecule has 1 aliphatic rings. The maximum Gasteiger partial charge on any atom is 0.126 e. The second-order valence-electron chi connectivity index (χ2n) is 4.67. The molecular formula is C13H20ClFN2. The van der Waals surface area contributed by atoms with E-state index in [9.17, 15) is 4.39 Å². The maximum absolute atomic E-state index is 13.4. The van der Waals surface area contributed by atoms with E-state index in [1.807, 2.05) is 12.1 Å². The largest absolute Gasteiger partial charge is 0.312 e. The SMILES string of the molecule is Cc1ccc(CN2CCN[C@@H](C)C2)cc1F.Cl. The van der Waals surface area contributed by atoms with Crippen molar-refractivity contribution in [1.29, 1.82) is 0 Å². The van der Waals surface area contributed by atoms with Gasteiger partial charge in [-0.15, -0.1) is 12.4 Å². The van der Waals surface area contributed by atoms with Gasteiger partial charge in [0, 0.05) is 32.2 Å². The molecule has 1 aliphatic heterocycles. The van der Waals surface area contributed by atoms with Crippen molar-refractivity contribution < 1.29 is 4.39 Å². The Kier molecular flexibility index (Phi) is 5.37. The van der Waals surface area contributed by atoms with Crippen LogP contribution in [0.3, 0.4) is 0 Å². The minimum absolute atomic E-state index is 0. The average Bonchev–Trinajstić information content (AvgIpc) is 2.24. The zero-order chi connectivity index (χ0) is 11.5. The van der Waals surface area contributed by atoms with Crippen LogP contribution in [-0.2, 0) is 6.54 Å². The molecule has 1 atom stereocenters. The molecule has 2 nitrogen and oxygen atoms in total. The number of aryl methyl sites for hydroxylation is 1. The lowest BCUT2D eigenvalue weighted by atomic mass is 10.1. The van der Waals surface area contributed by atoms with Crippen LogP contribution < -0.4 is 5.32 Å². The standard InChI is InChI=1S/C13H19FN2.ClH/c1-10-3-4-12(7-13(10)14)9-16-6-5-15-11(2)8-16;/h3-4,7,11,15H,5-6,8-9H2,1-2H3;1H/t11-;/m0./s1. The molecule has 0 aromatic heterocycles. The molecule has 1 aromatic rings. The fraction of sp³-hybridized carbons (Fsp3) is 0.538. The van der Waals surface area contributed by atoms with Crippen LogP contribution in [0, 0.1) is 12.7 Å². The van der Waals surface area contributed by atoms with E-state index >= 15 is 0 Å². The summed E-state index contributed by atoms with van der Waals surface area (Å²) in [5.74, 6) is -0.0966. The summed E-state index contributed by atoms with van der Waals surface area (Å²) in [6.07, 6.45) is 0. The first-order valence-corrected chi connectivity index (χ1v) is 5.86. The fourth-order valence-electron chi connectivity index (χ4n) is 2.15. The van der Waals surface area contributed by atoms with E-state index in [2.05, 4.69) is 17.1 Å². The van der Waals surface area contributed by atoms with E-state index in [1.54, 1.807) is 13.0 Å². The fourth-order valence-corrected chi connectivity index (χ4v) is 2.15. The predicted molar refractivity (Wildman–Crippen MR) is 71.1 cm³/mol. The van der Waals surface area contributed by atoms with Gasteiger partial charge in [-0.3, -0.25) is 4.90 Å². The Morgan fingerprint density at radius 3 is 2.88 bits per heavy atom. The number of hydrogen-bond acceptors (Lipinski definition) is 2. The molecule has 0 saturated carbocycles. The first kappa shape index (κ1) is 14.4. The molecular weight excluding hydrogens is 239 g/mol. The van der Waals surface area contributed by atoms with E-state index in [0.29, 0.717) is 6.04 Å². The van der Waals surface area contributed by atoms with Crippen molar-refractivity contribution in [2.45, 2.75) is 26.4 Å². The number of benzene rings is 1. The average molecular weight is 259 g/mol. The van der Waals surface area contributed by atoms with Gasteiger partial charge in [-0.05, 0) is 31.0 Å². The topological polar surface area (TPSA) is 15.3 Å². The third-order valence-electron chi connectivity index (χ3n) is 3.10. The molecule has 0 amide bonds. The number of nitrogens with one attached hydrogen (secondary N) is 1. The van der Waals surface area contributed by atoms with Gasteiger partial charge in [-0.25, -0.2) is 4.39 Å². The van der Waals surface area contributed by atoms with Crippen molar-refractivity contribution in [3.8, 4) is 0 Å². The van der Waals surface area contributed by atoms with Gasteiger partial charge in [0.15, 0.2) is 0 Å². The molecule has 0 bridgehead atoms. The van der Waals surface area contributed by atoms with Gasteiger partial charge in [-0.1, -0.05) is 12.1 Å². The number of rotatable bonds is 2. The Morgan fingerprint density at radius 2 is 2.24 bits per heavy atom. The van der Waals surface area contributed by atoms with Crippen molar-refractivity contribution in [2.75, 3.05) is 19.6 Å². The van der Waals surface area contributed by atoms with Gasteiger partial charge in [-0.2, -0.15) is 0 Å². The number of piperazine rings is 1. The second-order valence-corrected chi connectivity index (χ2v) is 4.67. The highest BCUT2D eigenvalue weighted by Crippen LogP contribution is 2.12. The van der Waals surface area contributed by atoms with Gasteiger partial charge >= 0.3 is 0 Å². The number of halogens is 2. The van der Waals surface area contributed by atoms with E-state index in [4.69, 9.17) is 0 Å². The Bertz CT molecular complexity index is 370. The van der Waals surface area contributed by atoms with E-state index in [-0.39, 0.29) is 18.2 Å². The molecule has 1 heterocycles. The summed E-state index contributed by atoms with van der Waals surface area (Å²) in [7, 11) is 0. The molecule has 17 heavy (non-hydrogen) atoms. The summed E-state index contributed by atoms with van der Waals surface area (Å²) >= 11 is 0. The lowest BCUT2D eigenvalue weighted by Crippen LogP contribution is -2.48. The Balaban J connectivity index is 0.00000144. The summed E-state index contributed by atoms with van der Waals surface area (Å²) in [4.78, 5) is 2.37. The van der Waals surface area contributed by atoms with Gasteiger partial charge in [0.25, 0.3) is 0 Å². The van der Waals surface area contributed by atoms with Gasteiger partial charge in [0.05, 0.1) is 0 Å². The predicted octanol–water partition coefficient (Wildman–Crippen LogP) is 2.35. The first-order chi connectivity index (χ1) is 7.65. The highest BCUT2D eigenvalue weighted by Gasteiger charge is 2.15. The molecule has 0 radical (unpaired) electrons. The van der Waals surface area contributed by atoms with Crippen molar-refractivity contribution in [3.63, 3.8) is 0 Å². The monoisotopic (exact) mass is 258 g/mol. The molecule has 0 spiro atoms. The van der Waals surface area contributed by atoms with Crippen molar-refractivity contribution >= 4 is 12.4 Å². The number of hydrogen-bond donors (Lipinski definition) is 1. The quantitative estimate of drug-likeness (QED) is 0.876. The first-order valence-electron chi connectivity index (χ1n) is 5.86. The van der Waals surface area contributed by atoms with Crippen LogP contribution in [0.5, 0.6) is 0 Å². The summed E-state index contributed by atoms with van der Waals surface area (Å²) in [5, 5.41) is 3.40. The lowest BCUT2D eigenvalue weighted by Gasteiger charge is -2.31. The summed E-state index contributed by atoms with van der Waals surface area (Å²) < 4.78 is 13.4. The molecule has 0 unspecified atom stereocenters. The van der Waals surface area contributed by atoms with Gasteiger partial charge < -0.3 is 5.32 Å². The van der Waals surface area contributed by atoms with Crippen LogP contribution in [0.2, 0.25) is 0 Å². The van der Waals surface area contributed by atoms with E-state index in [1.165, 1.54) is 0 Å². The summed E-state index contributed by atoms with van der Waals surface area (Å²) in [5.41, 5.74) is 1.79. The smallest absolute Gasteiger partial charge is 0.126 e. The van der Waals surface area contributed by atoms with Crippen LogP contribution in [0.1, 0.15) is 18.1 Å². The molecule has 1 fully saturated rings. The molecule has 4 heteroatoms. The van der Waals surface area contributed by atoms with Crippen molar-refractivity contribution in [2.24, 2.45) is 0 Å². The third-order valence-corrected chi connectivity index (χ3v) is 3.10. The van der Waals surface area contributed by atoms with Crippen LogP contribution in [0.25, 0.3) is 0 Å². The molecule has 0 aliphatic carbocycles. The van der Waals surface area contributed by atoms with Gasteiger partial charge in [0.1, 0.15) is 5.82 Å². The van der Waals surface area contributed by atoms with Crippen LogP contribution in [0.4, 0.5) is 4.39 Å². The van der Waals surface area contributed by atoms with E-state index in [0.717, 1.165) is 37.3 Å². The molecule has 96 valence electrons. The summed E-state index contributed by atoms with van der Waals surface area (Å²) in [6.45, 7) is 7.93. The second kappa shape index (κ2) is 6.34. The highest BCUT2D eigenvalue weighted by atomic mass is 35.5. The van der Waals surface area contributed by atoms with Crippen molar-refractivity contribution in [3.05, 3.63) is 35.1 Å². The minimum atomic E-state index is -0.0966. The Morgan fingerprint density at radius 1 is 1.47 bits per heavy atom. The zero-order valence-corrected chi connectivity index (χ0v) is 11.2. The molecule has 1 saturated heterocycles. The molecule has 2 rings (SSSR count). The Labute approximate surface area is 109 Å². The van der Waals surface area contributed by atoms with Crippen LogP contribution >= 0.6 is 12.4 Å². The molecule has 1 aromatic carbocycles. The van der Waals surface area contributed by atoms with Crippen LogP contribution in [-0.4, -0.2) is 30.6 Å². The lowest BCUT2D eigenvalue weighted by molar-refractivity contribution is 0.199. The minimum Gasteiger partial charge on any atom is -0.312 e.